The van der Waals surface area contributed by atoms with E-state index in [1.165, 1.54) is 0 Å². The molecule has 1 aliphatic rings. The molecule has 1 heterocycles. The first kappa shape index (κ1) is 12.8. The molecule has 18 heavy (non-hydrogen) atoms. The van der Waals surface area contributed by atoms with Gasteiger partial charge < -0.3 is 15.2 Å². The van der Waals surface area contributed by atoms with Crippen molar-refractivity contribution in [3.63, 3.8) is 0 Å². The number of carbonyl (C=O) groups excluding carboxylic acids is 1. The Morgan fingerprint density at radius 1 is 1.56 bits per heavy atom. The van der Waals surface area contributed by atoms with E-state index in [4.69, 9.17) is 9.84 Å². The summed E-state index contributed by atoms with van der Waals surface area (Å²) in [4.78, 5) is 15.6. The molecule has 1 aliphatic carbocycles. The maximum absolute atomic E-state index is 11.4. The van der Waals surface area contributed by atoms with Gasteiger partial charge >= 0.3 is 0 Å². The van der Waals surface area contributed by atoms with E-state index in [2.05, 4.69) is 10.3 Å². The number of nitrogens with zero attached hydrogens (tertiary/aromatic N) is 1. The van der Waals surface area contributed by atoms with Crippen LogP contribution in [0.2, 0.25) is 0 Å². The molecule has 0 radical (unpaired) electrons. The van der Waals surface area contributed by atoms with Gasteiger partial charge in [-0.15, -0.1) is 0 Å². The van der Waals surface area contributed by atoms with Gasteiger partial charge in [0.1, 0.15) is 11.4 Å². The zero-order valence-electron chi connectivity index (χ0n) is 10.5. The number of ether oxygens (including phenoxy) is 1. The summed E-state index contributed by atoms with van der Waals surface area (Å²) in [6, 6.07) is 3.97. The molecule has 2 rings (SSSR count). The normalized spacial score (nSPS) is 14.3. The zero-order chi connectivity index (χ0) is 13.0. The number of pyridine rings is 1. The third-order valence-electron chi connectivity index (χ3n) is 2.75. The molecule has 0 aromatic carbocycles. The predicted molar refractivity (Wildman–Crippen MR) is 66.2 cm³/mol. The third-order valence-corrected chi connectivity index (χ3v) is 2.75. The van der Waals surface area contributed by atoms with Gasteiger partial charge in [-0.1, -0.05) is 0 Å². The van der Waals surface area contributed by atoms with Crippen molar-refractivity contribution in [2.45, 2.75) is 38.8 Å². The van der Waals surface area contributed by atoms with E-state index < -0.39 is 0 Å². The van der Waals surface area contributed by atoms with Crippen LogP contribution in [0.15, 0.2) is 12.1 Å². The highest BCUT2D eigenvalue weighted by atomic mass is 16.5. The molecule has 5 heteroatoms. The summed E-state index contributed by atoms with van der Waals surface area (Å²) < 4.78 is 5.47. The van der Waals surface area contributed by atoms with Crippen molar-refractivity contribution in [3.05, 3.63) is 23.5 Å². The number of carbonyl (C=O) groups is 1. The Balaban J connectivity index is 1.79. The van der Waals surface area contributed by atoms with Crippen molar-refractivity contribution in [3.8, 4) is 5.75 Å². The molecule has 0 saturated heterocycles. The number of hydrogen-bond donors (Lipinski definition) is 2. The first-order valence-corrected chi connectivity index (χ1v) is 6.18. The summed E-state index contributed by atoms with van der Waals surface area (Å²) in [5, 5.41) is 12.1. The van der Waals surface area contributed by atoms with Gasteiger partial charge in [-0.2, -0.15) is 0 Å². The summed E-state index contributed by atoms with van der Waals surface area (Å²) >= 11 is 0. The van der Waals surface area contributed by atoms with E-state index in [0.717, 1.165) is 18.5 Å². The number of aliphatic hydroxyl groups is 1. The Morgan fingerprint density at radius 3 is 3.00 bits per heavy atom. The lowest BCUT2D eigenvalue weighted by Crippen LogP contribution is -2.26. The summed E-state index contributed by atoms with van der Waals surface area (Å²) in [7, 11) is 0. The van der Waals surface area contributed by atoms with Crippen LogP contribution in [0.25, 0.3) is 0 Å². The van der Waals surface area contributed by atoms with Crippen LogP contribution in [0.3, 0.4) is 0 Å². The maximum Gasteiger partial charge on any atom is 0.223 e. The number of rotatable bonds is 6. The standard InChI is InChI=1S/C13H18N2O3/c1-9-2-5-12(11(8-16)14-9)18-7-6-13(17)15-10-3-4-10/h2,5,10,16H,3-4,6-8H2,1H3,(H,15,17). The van der Waals surface area contributed by atoms with Crippen molar-refractivity contribution in [2.75, 3.05) is 6.61 Å². The van der Waals surface area contributed by atoms with E-state index >= 15 is 0 Å². The Bertz CT molecular complexity index is 430. The van der Waals surface area contributed by atoms with E-state index in [1.807, 2.05) is 13.0 Å². The van der Waals surface area contributed by atoms with E-state index in [-0.39, 0.29) is 12.5 Å². The maximum atomic E-state index is 11.4. The fraction of sp³-hybridized carbons (Fsp3) is 0.538. The van der Waals surface area contributed by atoms with Crippen molar-refractivity contribution in [1.29, 1.82) is 0 Å². The quantitative estimate of drug-likeness (QED) is 0.788. The van der Waals surface area contributed by atoms with Gasteiger partial charge in [0.05, 0.1) is 19.6 Å². The molecule has 0 unspecified atom stereocenters. The molecule has 1 amide bonds. The molecule has 5 nitrogen and oxygen atoms in total. The molecular formula is C13H18N2O3. The van der Waals surface area contributed by atoms with Gasteiger partial charge in [0.25, 0.3) is 0 Å². The Labute approximate surface area is 106 Å². The summed E-state index contributed by atoms with van der Waals surface area (Å²) in [5.41, 5.74) is 1.34. The van der Waals surface area contributed by atoms with E-state index in [9.17, 15) is 4.79 Å². The van der Waals surface area contributed by atoms with Gasteiger partial charge in [0.2, 0.25) is 5.91 Å². The van der Waals surface area contributed by atoms with Gasteiger partial charge in [-0.25, -0.2) is 0 Å². The predicted octanol–water partition coefficient (Wildman–Crippen LogP) is 0.930. The largest absolute Gasteiger partial charge is 0.491 e. The smallest absolute Gasteiger partial charge is 0.223 e. The van der Waals surface area contributed by atoms with E-state index in [0.29, 0.717) is 30.5 Å². The first-order chi connectivity index (χ1) is 8.69. The average molecular weight is 250 g/mol. The minimum absolute atomic E-state index is 0.0168. The Morgan fingerprint density at radius 2 is 2.33 bits per heavy atom. The number of aliphatic hydroxyl groups excluding tert-OH is 1. The molecule has 1 aromatic heterocycles. The van der Waals surface area contributed by atoms with Crippen LogP contribution in [-0.4, -0.2) is 28.6 Å². The van der Waals surface area contributed by atoms with Gasteiger partial charge in [-0.3, -0.25) is 9.78 Å². The molecule has 0 bridgehead atoms. The molecular weight excluding hydrogens is 232 g/mol. The fourth-order valence-corrected chi connectivity index (χ4v) is 1.62. The number of aromatic nitrogens is 1. The van der Waals surface area contributed by atoms with Crippen molar-refractivity contribution < 1.29 is 14.6 Å². The van der Waals surface area contributed by atoms with Crippen LogP contribution in [0, 0.1) is 6.92 Å². The second-order valence-corrected chi connectivity index (χ2v) is 4.50. The number of hydrogen-bond acceptors (Lipinski definition) is 4. The van der Waals surface area contributed by atoms with Crippen LogP contribution in [-0.2, 0) is 11.4 Å². The molecule has 1 fully saturated rings. The number of aryl methyl sites for hydroxylation is 1. The highest BCUT2D eigenvalue weighted by Gasteiger charge is 2.22. The topological polar surface area (TPSA) is 71.5 Å². The molecule has 0 atom stereocenters. The van der Waals surface area contributed by atoms with Gasteiger partial charge in [0.15, 0.2) is 0 Å². The second kappa shape index (κ2) is 5.82. The van der Waals surface area contributed by atoms with Gasteiger partial charge in [-0.05, 0) is 31.9 Å². The zero-order valence-corrected chi connectivity index (χ0v) is 10.5. The lowest BCUT2D eigenvalue weighted by Gasteiger charge is -2.10. The number of nitrogens with one attached hydrogen (secondary N) is 1. The van der Waals surface area contributed by atoms with E-state index in [1.54, 1.807) is 6.07 Å². The van der Waals surface area contributed by atoms with Crippen molar-refractivity contribution in [2.24, 2.45) is 0 Å². The van der Waals surface area contributed by atoms with Crippen LogP contribution in [0.1, 0.15) is 30.7 Å². The van der Waals surface area contributed by atoms with Crippen molar-refractivity contribution >= 4 is 5.91 Å². The molecule has 0 aliphatic heterocycles. The molecule has 1 saturated carbocycles. The average Bonchev–Trinajstić information content (AvgIpc) is 3.14. The SMILES string of the molecule is Cc1ccc(OCCC(=O)NC2CC2)c(CO)n1. The van der Waals surface area contributed by atoms with Crippen LogP contribution in [0.5, 0.6) is 5.75 Å². The van der Waals surface area contributed by atoms with Crippen LogP contribution >= 0.6 is 0 Å². The lowest BCUT2D eigenvalue weighted by molar-refractivity contribution is -0.121. The Hall–Kier alpha value is -1.62. The van der Waals surface area contributed by atoms with Gasteiger partial charge in [0, 0.05) is 11.7 Å². The Kier molecular flexibility index (Phi) is 4.15. The minimum atomic E-state index is -0.161. The minimum Gasteiger partial charge on any atom is -0.491 e. The molecule has 1 aromatic rings. The molecule has 98 valence electrons. The first-order valence-electron chi connectivity index (χ1n) is 6.18. The monoisotopic (exact) mass is 250 g/mol. The highest BCUT2D eigenvalue weighted by molar-refractivity contribution is 5.76. The summed E-state index contributed by atoms with van der Waals surface area (Å²) in [6.07, 6.45) is 2.50. The van der Waals surface area contributed by atoms with Crippen LogP contribution < -0.4 is 10.1 Å². The fourth-order valence-electron chi connectivity index (χ4n) is 1.62. The van der Waals surface area contributed by atoms with Crippen molar-refractivity contribution in [1.82, 2.24) is 10.3 Å². The lowest BCUT2D eigenvalue weighted by atomic mass is 10.3. The summed E-state index contributed by atoms with van der Waals surface area (Å²) in [6.45, 7) is 1.99. The summed E-state index contributed by atoms with van der Waals surface area (Å²) in [5.74, 6) is 0.561. The van der Waals surface area contributed by atoms with Crippen LogP contribution in [0.4, 0.5) is 0 Å². The highest BCUT2D eigenvalue weighted by Crippen LogP contribution is 2.19. The second-order valence-electron chi connectivity index (χ2n) is 4.50. The number of amides is 1. The third kappa shape index (κ3) is 3.70. The molecule has 0 spiro atoms. The molecule has 2 N–H and O–H groups in total.